The number of nitrogens with one attached hydrogen (secondary N) is 1. The Kier molecular flexibility index (Phi) is 7.31. The number of hydrogen-bond acceptors (Lipinski definition) is 5. The fourth-order valence-corrected chi connectivity index (χ4v) is 3.48. The lowest BCUT2D eigenvalue weighted by molar-refractivity contribution is -0.150. The molecule has 8 heteroatoms. The second-order valence-corrected chi connectivity index (χ2v) is 8.63. The number of nitrogens with zero attached hydrogens (tertiary/aromatic N) is 1. The van der Waals surface area contributed by atoms with Crippen LogP contribution in [0.3, 0.4) is 0 Å². The number of hydrogen-bond donors (Lipinski definition) is 1. The van der Waals surface area contributed by atoms with E-state index in [4.69, 9.17) is 4.74 Å². The molecule has 0 fully saturated rings. The Morgan fingerprint density at radius 2 is 1.64 bits per heavy atom. The molecule has 2 aromatic carbocycles. The van der Waals surface area contributed by atoms with Gasteiger partial charge in [0.05, 0.1) is 10.8 Å². The SMILES string of the molecule is CC(C)C(=O)OCC(=O)Nc1ccc(S(=O)(=O)N(C)Cc2ccccc2)cc1. The number of sulfonamides is 1. The second kappa shape index (κ2) is 9.48. The van der Waals surface area contributed by atoms with Crippen LogP contribution in [0, 0.1) is 5.92 Å². The van der Waals surface area contributed by atoms with Gasteiger partial charge in [-0.3, -0.25) is 9.59 Å². The summed E-state index contributed by atoms with van der Waals surface area (Å²) in [7, 11) is -2.15. The number of esters is 1. The lowest BCUT2D eigenvalue weighted by Crippen LogP contribution is -2.26. The standard InChI is InChI=1S/C20H24N2O5S/c1-15(2)20(24)27-14-19(23)21-17-9-11-18(12-10-17)28(25,26)22(3)13-16-7-5-4-6-8-16/h4-12,15H,13-14H2,1-3H3,(H,21,23). The predicted octanol–water partition coefficient (Wildman–Crippen LogP) is 2.65. The zero-order chi connectivity index (χ0) is 20.7. The highest BCUT2D eigenvalue weighted by Crippen LogP contribution is 2.19. The molecule has 0 bridgehead atoms. The third-order valence-corrected chi connectivity index (χ3v) is 5.73. The topological polar surface area (TPSA) is 92.8 Å². The quantitative estimate of drug-likeness (QED) is 0.683. The molecule has 0 saturated carbocycles. The Morgan fingerprint density at radius 3 is 2.21 bits per heavy atom. The van der Waals surface area contributed by atoms with E-state index in [9.17, 15) is 18.0 Å². The highest BCUT2D eigenvalue weighted by atomic mass is 32.2. The summed E-state index contributed by atoms with van der Waals surface area (Å²) in [5.41, 5.74) is 1.30. The number of rotatable bonds is 8. The summed E-state index contributed by atoms with van der Waals surface area (Å²) in [6.07, 6.45) is 0. The molecule has 28 heavy (non-hydrogen) atoms. The smallest absolute Gasteiger partial charge is 0.308 e. The van der Waals surface area contributed by atoms with Crippen LogP contribution in [0.2, 0.25) is 0 Å². The minimum absolute atomic E-state index is 0.121. The van der Waals surface area contributed by atoms with Gasteiger partial charge in [-0.15, -0.1) is 0 Å². The van der Waals surface area contributed by atoms with Crippen molar-refractivity contribution in [1.82, 2.24) is 4.31 Å². The molecular weight excluding hydrogens is 380 g/mol. The lowest BCUT2D eigenvalue weighted by atomic mass is 10.2. The van der Waals surface area contributed by atoms with Crippen LogP contribution in [0.4, 0.5) is 5.69 Å². The van der Waals surface area contributed by atoms with Gasteiger partial charge in [0, 0.05) is 19.3 Å². The number of carbonyl (C=O) groups is 2. The maximum Gasteiger partial charge on any atom is 0.308 e. The van der Waals surface area contributed by atoms with Gasteiger partial charge in [-0.1, -0.05) is 44.2 Å². The Bertz CT molecular complexity index is 909. The normalized spacial score (nSPS) is 11.5. The van der Waals surface area contributed by atoms with E-state index in [1.165, 1.54) is 35.6 Å². The maximum absolute atomic E-state index is 12.7. The summed E-state index contributed by atoms with van der Waals surface area (Å²) >= 11 is 0. The molecule has 0 aromatic heterocycles. The first-order chi connectivity index (χ1) is 13.2. The summed E-state index contributed by atoms with van der Waals surface area (Å²) in [5.74, 6) is -1.27. The van der Waals surface area contributed by atoms with Crippen molar-refractivity contribution in [1.29, 1.82) is 0 Å². The molecule has 0 unspecified atom stereocenters. The van der Waals surface area contributed by atoms with Crippen LogP contribution in [-0.4, -0.2) is 38.3 Å². The van der Waals surface area contributed by atoms with E-state index in [0.717, 1.165) is 5.56 Å². The molecule has 2 rings (SSSR count). The summed E-state index contributed by atoms with van der Waals surface area (Å²) in [6, 6.07) is 15.1. The van der Waals surface area contributed by atoms with E-state index in [1.807, 2.05) is 30.3 Å². The van der Waals surface area contributed by atoms with Crippen LogP contribution in [0.25, 0.3) is 0 Å². The van der Waals surface area contributed by atoms with Crippen molar-refractivity contribution in [2.75, 3.05) is 19.0 Å². The minimum atomic E-state index is -3.66. The first-order valence-electron chi connectivity index (χ1n) is 8.77. The molecule has 0 spiro atoms. The predicted molar refractivity (Wildman–Crippen MR) is 106 cm³/mol. The minimum Gasteiger partial charge on any atom is -0.455 e. The average molecular weight is 404 g/mol. The Hall–Kier alpha value is -2.71. The molecule has 150 valence electrons. The van der Waals surface area contributed by atoms with Crippen molar-refractivity contribution in [2.24, 2.45) is 5.92 Å². The molecular formula is C20H24N2O5S. The molecule has 0 heterocycles. The van der Waals surface area contributed by atoms with Crippen LogP contribution in [0.1, 0.15) is 19.4 Å². The first-order valence-corrected chi connectivity index (χ1v) is 10.2. The highest BCUT2D eigenvalue weighted by molar-refractivity contribution is 7.89. The third kappa shape index (κ3) is 5.90. The summed E-state index contributed by atoms with van der Waals surface area (Å²) in [5, 5.41) is 2.56. The van der Waals surface area contributed by atoms with Gasteiger partial charge >= 0.3 is 5.97 Å². The van der Waals surface area contributed by atoms with Crippen molar-refractivity contribution in [3.63, 3.8) is 0 Å². The molecule has 0 aliphatic heterocycles. The Labute approximate surface area is 165 Å². The van der Waals surface area contributed by atoms with Gasteiger partial charge in [-0.25, -0.2) is 8.42 Å². The molecule has 2 aromatic rings. The molecule has 1 N–H and O–H groups in total. The van der Waals surface area contributed by atoms with Crippen molar-refractivity contribution < 1.29 is 22.7 Å². The molecule has 0 atom stereocenters. The van der Waals surface area contributed by atoms with E-state index < -0.39 is 28.5 Å². The van der Waals surface area contributed by atoms with Gasteiger partial charge in [0.25, 0.3) is 5.91 Å². The van der Waals surface area contributed by atoms with Crippen molar-refractivity contribution in [3.05, 3.63) is 60.2 Å². The maximum atomic E-state index is 12.7. The molecule has 0 aliphatic rings. The molecule has 0 saturated heterocycles. The average Bonchev–Trinajstić information content (AvgIpc) is 2.67. The van der Waals surface area contributed by atoms with Gasteiger partial charge in [-0.2, -0.15) is 4.31 Å². The third-order valence-electron chi connectivity index (χ3n) is 3.91. The van der Waals surface area contributed by atoms with Crippen LogP contribution >= 0.6 is 0 Å². The number of benzene rings is 2. The van der Waals surface area contributed by atoms with E-state index in [1.54, 1.807) is 13.8 Å². The van der Waals surface area contributed by atoms with Crippen LogP contribution in [-0.2, 0) is 30.9 Å². The molecule has 0 aliphatic carbocycles. The zero-order valence-corrected chi connectivity index (χ0v) is 16.9. The van der Waals surface area contributed by atoms with Crippen molar-refractivity contribution in [2.45, 2.75) is 25.3 Å². The molecule has 7 nitrogen and oxygen atoms in total. The Balaban J connectivity index is 1.98. The summed E-state index contributed by atoms with van der Waals surface area (Å²) < 4.78 is 31.5. The van der Waals surface area contributed by atoms with E-state index in [0.29, 0.717) is 5.69 Å². The number of amides is 1. The van der Waals surface area contributed by atoms with Gasteiger partial charge < -0.3 is 10.1 Å². The highest BCUT2D eigenvalue weighted by Gasteiger charge is 2.21. The van der Waals surface area contributed by atoms with E-state index in [-0.39, 0.29) is 17.4 Å². The van der Waals surface area contributed by atoms with Gasteiger partial charge in [0.1, 0.15) is 0 Å². The van der Waals surface area contributed by atoms with E-state index in [2.05, 4.69) is 5.32 Å². The van der Waals surface area contributed by atoms with Gasteiger partial charge in [-0.05, 0) is 29.8 Å². The zero-order valence-electron chi connectivity index (χ0n) is 16.1. The van der Waals surface area contributed by atoms with Crippen molar-refractivity contribution >= 4 is 27.6 Å². The monoisotopic (exact) mass is 404 g/mol. The van der Waals surface area contributed by atoms with Crippen LogP contribution in [0.5, 0.6) is 0 Å². The first kappa shape index (κ1) is 21.6. The summed E-state index contributed by atoms with van der Waals surface area (Å²) in [4.78, 5) is 23.3. The molecule has 0 radical (unpaired) electrons. The van der Waals surface area contributed by atoms with Crippen LogP contribution in [0.15, 0.2) is 59.5 Å². The lowest BCUT2D eigenvalue weighted by Gasteiger charge is -2.17. The number of ether oxygens (including phenoxy) is 1. The summed E-state index contributed by atoms with van der Waals surface area (Å²) in [6.45, 7) is 3.21. The second-order valence-electron chi connectivity index (χ2n) is 6.58. The van der Waals surface area contributed by atoms with E-state index >= 15 is 0 Å². The van der Waals surface area contributed by atoms with Gasteiger partial charge in [0.2, 0.25) is 10.0 Å². The fraction of sp³-hybridized carbons (Fsp3) is 0.300. The fourth-order valence-electron chi connectivity index (χ4n) is 2.32. The molecule has 1 amide bonds. The van der Waals surface area contributed by atoms with Crippen molar-refractivity contribution in [3.8, 4) is 0 Å². The largest absolute Gasteiger partial charge is 0.455 e. The number of anilines is 1. The number of carbonyl (C=O) groups excluding carboxylic acids is 2. The van der Waals surface area contributed by atoms with Gasteiger partial charge in [0.15, 0.2) is 6.61 Å². The Morgan fingerprint density at radius 1 is 1.04 bits per heavy atom. The van der Waals surface area contributed by atoms with Crippen LogP contribution < -0.4 is 5.32 Å².